The van der Waals surface area contributed by atoms with Crippen molar-refractivity contribution in [2.45, 2.75) is 0 Å². The average molecular weight is 281 g/mol. The van der Waals surface area contributed by atoms with Gasteiger partial charge in [0.05, 0.1) is 11.8 Å². The van der Waals surface area contributed by atoms with E-state index in [9.17, 15) is 8.42 Å². The molecule has 7 nitrogen and oxygen atoms in total. The van der Waals surface area contributed by atoms with Crippen LogP contribution in [0.5, 0.6) is 0 Å². The van der Waals surface area contributed by atoms with E-state index in [1.165, 1.54) is 0 Å². The lowest BCUT2D eigenvalue weighted by atomic mass is 10.2. The summed E-state index contributed by atoms with van der Waals surface area (Å²) >= 11 is 0. The first-order valence-electron chi connectivity index (χ1n) is 5.66. The molecule has 0 saturated carbocycles. The number of nitrogens with two attached hydrogens (primary N) is 1. The molecule has 0 bridgehead atoms. The third kappa shape index (κ3) is 3.76. The van der Waals surface area contributed by atoms with E-state index in [-0.39, 0.29) is 12.5 Å². The second-order valence-electron chi connectivity index (χ2n) is 4.04. The van der Waals surface area contributed by atoms with Crippen LogP contribution in [0, 0.1) is 0 Å². The van der Waals surface area contributed by atoms with Gasteiger partial charge in [0.2, 0.25) is 16.0 Å². The maximum atomic E-state index is 10.9. The molecule has 1 heterocycles. The van der Waals surface area contributed by atoms with Gasteiger partial charge < -0.3 is 11.1 Å². The van der Waals surface area contributed by atoms with Crippen molar-refractivity contribution in [3.63, 3.8) is 0 Å². The van der Waals surface area contributed by atoms with E-state index in [2.05, 4.69) is 20.0 Å². The van der Waals surface area contributed by atoms with Gasteiger partial charge in [-0.25, -0.2) is 18.1 Å². The molecule has 0 unspecified atom stereocenters. The lowest BCUT2D eigenvalue weighted by molar-refractivity contribution is 0.589. The summed E-state index contributed by atoms with van der Waals surface area (Å²) in [6.45, 7) is 0.685. The molecule has 0 fully saturated rings. The summed E-state index contributed by atoms with van der Waals surface area (Å²) in [5.41, 5.74) is 6.37. The minimum absolute atomic E-state index is 0.178. The van der Waals surface area contributed by atoms with Gasteiger partial charge in [-0.05, 0) is 12.1 Å². The molecule has 0 aliphatic rings. The number of nitrogens with zero attached hydrogens (tertiary/aromatic N) is 2. The average Bonchev–Trinajstić information content (AvgIpc) is 2.33. The Morgan fingerprint density at radius 3 is 2.68 bits per heavy atom. The maximum Gasteiger partial charge on any atom is 0.222 e. The molecule has 0 aliphatic heterocycles. The van der Waals surface area contributed by atoms with Gasteiger partial charge in [0.15, 0.2) is 0 Å². The number of anilines is 2. The summed E-state index contributed by atoms with van der Waals surface area (Å²) in [6.07, 6.45) is 1.12. The second-order valence-corrected chi connectivity index (χ2v) is 5.87. The predicted octanol–water partition coefficient (Wildman–Crippen LogP) is 0.173. The molecular formula is C11H15N5O2S. The number of benzene rings is 1. The topological polar surface area (TPSA) is 110 Å². The van der Waals surface area contributed by atoms with Crippen LogP contribution >= 0.6 is 0 Å². The number of hydrogen-bond donors (Lipinski definition) is 3. The molecule has 0 atom stereocenters. The van der Waals surface area contributed by atoms with Crippen molar-refractivity contribution < 1.29 is 8.42 Å². The molecule has 0 saturated heterocycles. The Hall–Kier alpha value is -1.93. The fraction of sp³-hybridized carbons (Fsp3) is 0.273. The molecule has 1 aromatic heterocycles. The molecule has 102 valence electrons. The molecule has 19 heavy (non-hydrogen) atoms. The molecule has 4 N–H and O–H groups in total. The molecule has 0 aliphatic carbocycles. The highest BCUT2D eigenvalue weighted by Gasteiger charge is 2.05. The van der Waals surface area contributed by atoms with Crippen LogP contribution in [-0.4, -0.2) is 37.7 Å². The van der Waals surface area contributed by atoms with Gasteiger partial charge in [-0.1, -0.05) is 12.1 Å². The number of fused-ring (bicyclic) bond motifs is 1. The Balaban J connectivity index is 2.12. The third-order valence-corrected chi connectivity index (χ3v) is 3.13. The maximum absolute atomic E-state index is 10.9. The minimum atomic E-state index is -3.18. The van der Waals surface area contributed by atoms with E-state index < -0.39 is 10.0 Å². The van der Waals surface area contributed by atoms with Gasteiger partial charge >= 0.3 is 0 Å². The predicted molar refractivity (Wildman–Crippen MR) is 75.3 cm³/mol. The van der Waals surface area contributed by atoms with E-state index in [1.807, 2.05) is 24.3 Å². The van der Waals surface area contributed by atoms with Crippen LogP contribution in [0.2, 0.25) is 0 Å². The molecule has 8 heteroatoms. The summed E-state index contributed by atoms with van der Waals surface area (Å²) in [7, 11) is -3.18. The summed E-state index contributed by atoms with van der Waals surface area (Å²) in [5, 5.41) is 3.89. The Bertz CT molecular complexity index is 687. The Kier molecular flexibility index (Phi) is 3.82. The quantitative estimate of drug-likeness (QED) is 0.674. The van der Waals surface area contributed by atoms with Gasteiger partial charge in [-0.15, -0.1) is 0 Å². The SMILES string of the molecule is CS(=O)(=O)NCCNc1nc(N)nc2ccccc12. The molecule has 0 spiro atoms. The zero-order chi connectivity index (χ0) is 13.9. The Labute approximate surface area is 111 Å². The molecular weight excluding hydrogens is 266 g/mol. The van der Waals surface area contributed by atoms with Crippen molar-refractivity contribution >= 4 is 32.7 Å². The fourth-order valence-electron chi connectivity index (χ4n) is 1.65. The Morgan fingerprint density at radius 1 is 1.21 bits per heavy atom. The van der Waals surface area contributed by atoms with Crippen molar-refractivity contribution in [3.8, 4) is 0 Å². The highest BCUT2D eigenvalue weighted by atomic mass is 32.2. The van der Waals surface area contributed by atoms with Crippen molar-refractivity contribution in [3.05, 3.63) is 24.3 Å². The van der Waals surface area contributed by atoms with E-state index in [1.54, 1.807) is 0 Å². The van der Waals surface area contributed by atoms with Crippen LogP contribution in [0.3, 0.4) is 0 Å². The number of nitrogens with one attached hydrogen (secondary N) is 2. The zero-order valence-electron chi connectivity index (χ0n) is 10.4. The lowest BCUT2D eigenvalue weighted by Gasteiger charge is -2.09. The standard InChI is InChI=1S/C11H15N5O2S/c1-19(17,18)14-7-6-13-10-8-4-2-3-5-9(8)15-11(12)16-10/h2-5,14H,6-7H2,1H3,(H3,12,13,15,16). The van der Waals surface area contributed by atoms with Crippen molar-refractivity contribution in [1.29, 1.82) is 0 Å². The lowest BCUT2D eigenvalue weighted by Crippen LogP contribution is -2.27. The smallest absolute Gasteiger partial charge is 0.222 e. The van der Waals surface area contributed by atoms with Crippen molar-refractivity contribution in [2.24, 2.45) is 0 Å². The number of nitrogen functional groups attached to an aromatic ring is 1. The van der Waals surface area contributed by atoms with E-state index in [0.717, 1.165) is 17.2 Å². The first kappa shape index (κ1) is 13.5. The number of aromatic nitrogens is 2. The first-order chi connectivity index (χ1) is 8.96. The highest BCUT2D eigenvalue weighted by Crippen LogP contribution is 2.20. The normalized spacial score (nSPS) is 11.6. The largest absolute Gasteiger partial charge is 0.368 e. The monoisotopic (exact) mass is 281 g/mol. The number of sulfonamides is 1. The molecule has 2 aromatic rings. The van der Waals surface area contributed by atoms with Crippen LogP contribution in [0.4, 0.5) is 11.8 Å². The molecule has 1 aromatic carbocycles. The highest BCUT2D eigenvalue weighted by molar-refractivity contribution is 7.88. The zero-order valence-corrected chi connectivity index (χ0v) is 11.2. The van der Waals surface area contributed by atoms with Crippen LogP contribution < -0.4 is 15.8 Å². The number of hydrogen-bond acceptors (Lipinski definition) is 6. The summed E-state index contributed by atoms with van der Waals surface area (Å²) in [5.74, 6) is 0.774. The summed E-state index contributed by atoms with van der Waals surface area (Å²) < 4.78 is 24.2. The fourth-order valence-corrected chi connectivity index (χ4v) is 2.12. The number of para-hydroxylation sites is 1. The van der Waals surface area contributed by atoms with Gasteiger partial charge in [0.1, 0.15) is 5.82 Å². The van der Waals surface area contributed by atoms with Crippen LogP contribution in [0.25, 0.3) is 10.9 Å². The summed E-state index contributed by atoms with van der Waals surface area (Å²) in [6, 6.07) is 7.46. The van der Waals surface area contributed by atoms with E-state index in [0.29, 0.717) is 12.4 Å². The number of rotatable bonds is 5. The van der Waals surface area contributed by atoms with E-state index in [4.69, 9.17) is 5.73 Å². The van der Waals surface area contributed by atoms with Crippen molar-refractivity contribution in [2.75, 3.05) is 30.4 Å². The Morgan fingerprint density at radius 2 is 1.95 bits per heavy atom. The van der Waals surface area contributed by atoms with Crippen molar-refractivity contribution in [1.82, 2.24) is 14.7 Å². The van der Waals surface area contributed by atoms with Crippen LogP contribution in [0.1, 0.15) is 0 Å². The second kappa shape index (κ2) is 5.37. The summed E-state index contributed by atoms with van der Waals surface area (Å²) in [4.78, 5) is 8.23. The van der Waals surface area contributed by atoms with Crippen LogP contribution in [-0.2, 0) is 10.0 Å². The minimum Gasteiger partial charge on any atom is -0.368 e. The van der Waals surface area contributed by atoms with Crippen LogP contribution in [0.15, 0.2) is 24.3 Å². The third-order valence-electron chi connectivity index (χ3n) is 2.40. The van der Waals surface area contributed by atoms with Gasteiger partial charge in [-0.2, -0.15) is 4.98 Å². The van der Waals surface area contributed by atoms with Gasteiger partial charge in [-0.3, -0.25) is 0 Å². The molecule has 0 amide bonds. The van der Waals surface area contributed by atoms with Gasteiger partial charge in [0.25, 0.3) is 0 Å². The van der Waals surface area contributed by atoms with E-state index >= 15 is 0 Å². The van der Waals surface area contributed by atoms with Gasteiger partial charge in [0, 0.05) is 18.5 Å². The molecule has 0 radical (unpaired) electrons. The molecule has 2 rings (SSSR count). The first-order valence-corrected chi connectivity index (χ1v) is 7.55.